The van der Waals surface area contributed by atoms with Crippen LogP contribution in [-0.2, 0) is 16.1 Å². The molecule has 0 unspecified atom stereocenters. The maximum absolute atomic E-state index is 12.7. The van der Waals surface area contributed by atoms with E-state index in [0.717, 1.165) is 10.4 Å². The minimum absolute atomic E-state index is 0.120. The van der Waals surface area contributed by atoms with Crippen LogP contribution in [0.5, 0.6) is 0 Å². The zero-order valence-corrected chi connectivity index (χ0v) is 12.1. The number of hydrogen-bond acceptors (Lipinski definition) is 4. The largest absolute Gasteiger partial charge is 0.386 e. The number of nitrogens with zero attached hydrogens (tertiary/aromatic N) is 1. The summed E-state index contributed by atoms with van der Waals surface area (Å²) in [6.45, 7) is 0.355. The first-order chi connectivity index (χ1) is 10.2. The topological polar surface area (TPSA) is 50.7 Å². The standard InChI is InChI=1S/C15H15FN2O2S/c16-13-5-3-12(4-6-13)7-8-17-15(19)11-20-18-10-14-2-1-9-21-14/h1-6,9-10H,7-8,11H2,(H,17,19)/b18-10+. The molecule has 6 heteroatoms. The van der Waals surface area contributed by atoms with Gasteiger partial charge in [0.25, 0.3) is 5.91 Å². The van der Waals surface area contributed by atoms with Crippen molar-refractivity contribution in [3.63, 3.8) is 0 Å². The molecule has 0 radical (unpaired) electrons. The number of carbonyl (C=O) groups excluding carboxylic acids is 1. The van der Waals surface area contributed by atoms with Crippen LogP contribution in [0.2, 0.25) is 0 Å². The summed E-state index contributed by atoms with van der Waals surface area (Å²) in [7, 11) is 0. The average Bonchev–Trinajstić information content (AvgIpc) is 2.99. The van der Waals surface area contributed by atoms with Crippen LogP contribution in [0.15, 0.2) is 46.9 Å². The van der Waals surface area contributed by atoms with E-state index < -0.39 is 0 Å². The van der Waals surface area contributed by atoms with Crippen molar-refractivity contribution in [3.8, 4) is 0 Å². The summed E-state index contributed by atoms with van der Waals surface area (Å²) in [5, 5.41) is 8.36. The Labute approximate surface area is 126 Å². The normalized spacial score (nSPS) is 10.7. The number of oxime groups is 1. The van der Waals surface area contributed by atoms with E-state index in [0.29, 0.717) is 13.0 Å². The van der Waals surface area contributed by atoms with Gasteiger partial charge < -0.3 is 10.2 Å². The number of nitrogens with one attached hydrogen (secondary N) is 1. The maximum atomic E-state index is 12.7. The van der Waals surface area contributed by atoms with Gasteiger partial charge in [0.1, 0.15) is 5.82 Å². The first-order valence-corrected chi connectivity index (χ1v) is 7.32. The molecular weight excluding hydrogens is 291 g/mol. The van der Waals surface area contributed by atoms with Crippen LogP contribution in [0.1, 0.15) is 10.4 Å². The van der Waals surface area contributed by atoms with E-state index in [1.165, 1.54) is 23.5 Å². The van der Waals surface area contributed by atoms with Gasteiger partial charge in [0, 0.05) is 11.4 Å². The number of benzene rings is 1. The van der Waals surface area contributed by atoms with E-state index in [2.05, 4.69) is 10.5 Å². The predicted octanol–water partition coefficient (Wildman–Crippen LogP) is 2.60. The van der Waals surface area contributed by atoms with E-state index >= 15 is 0 Å². The number of halogens is 1. The van der Waals surface area contributed by atoms with Gasteiger partial charge in [0.15, 0.2) is 6.61 Å². The van der Waals surface area contributed by atoms with Crippen LogP contribution >= 0.6 is 11.3 Å². The molecule has 0 fully saturated rings. The van der Waals surface area contributed by atoms with Gasteiger partial charge in [0.2, 0.25) is 0 Å². The molecule has 0 bridgehead atoms. The molecule has 4 nitrogen and oxygen atoms in total. The van der Waals surface area contributed by atoms with Crippen LogP contribution in [-0.4, -0.2) is 25.3 Å². The lowest BCUT2D eigenvalue weighted by molar-refractivity contribution is -0.125. The smallest absolute Gasteiger partial charge is 0.260 e. The van der Waals surface area contributed by atoms with Crippen molar-refractivity contribution >= 4 is 23.5 Å². The average molecular weight is 306 g/mol. The SMILES string of the molecule is O=C(CO/N=C/c1cccs1)NCCc1ccc(F)cc1. The Hall–Kier alpha value is -2.21. The highest BCUT2D eigenvalue weighted by atomic mass is 32.1. The predicted molar refractivity (Wildman–Crippen MR) is 81.0 cm³/mol. The van der Waals surface area contributed by atoms with Gasteiger partial charge >= 0.3 is 0 Å². The molecule has 0 saturated carbocycles. The zero-order valence-electron chi connectivity index (χ0n) is 11.3. The lowest BCUT2D eigenvalue weighted by atomic mass is 10.1. The summed E-state index contributed by atoms with van der Waals surface area (Å²) in [4.78, 5) is 17.3. The highest BCUT2D eigenvalue weighted by molar-refractivity contribution is 7.11. The Morgan fingerprint density at radius 3 is 2.86 bits per heavy atom. The molecular formula is C15H15FN2O2S. The van der Waals surface area contributed by atoms with Gasteiger partial charge in [-0.1, -0.05) is 23.4 Å². The monoisotopic (exact) mass is 306 g/mol. The molecule has 2 rings (SSSR count). The molecule has 1 amide bonds. The van der Waals surface area contributed by atoms with E-state index in [4.69, 9.17) is 4.84 Å². The Balaban J connectivity index is 1.60. The summed E-state index contributed by atoms with van der Waals surface area (Å²) in [6.07, 6.45) is 2.21. The second-order valence-electron chi connectivity index (χ2n) is 4.25. The van der Waals surface area contributed by atoms with Crippen molar-refractivity contribution in [1.82, 2.24) is 5.32 Å². The van der Waals surface area contributed by atoms with Crippen LogP contribution in [0.4, 0.5) is 4.39 Å². The summed E-state index contributed by atoms with van der Waals surface area (Å²) in [5.74, 6) is -0.500. The van der Waals surface area contributed by atoms with Crippen molar-refractivity contribution in [1.29, 1.82) is 0 Å². The van der Waals surface area contributed by atoms with Gasteiger partial charge in [0.05, 0.1) is 6.21 Å². The third-order valence-electron chi connectivity index (χ3n) is 2.64. The van der Waals surface area contributed by atoms with Crippen molar-refractivity contribution in [2.75, 3.05) is 13.2 Å². The molecule has 0 spiro atoms. The summed E-state index contributed by atoms with van der Waals surface area (Å²) < 4.78 is 12.7. The first kappa shape index (κ1) is 15.2. The number of thiophene rings is 1. The number of hydrogen-bond donors (Lipinski definition) is 1. The quantitative estimate of drug-likeness (QED) is 0.631. The van der Waals surface area contributed by atoms with E-state index in [1.807, 2.05) is 17.5 Å². The molecule has 1 aromatic heterocycles. The number of amides is 1. The van der Waals surface area contributed by atoms with Gasteiger partial charge in [-0.3, -0.25) is 4.79 Å². The molecule has 0 aliphatic rings. The van der Waals surface area contributed by atoms with E-state index in [9.17, 15) is 9.18 Å². The maximum Gasteiger partial charge on any atom is 0.260 e. The molecule has 21 heavy (non-hydrogen) atoms. The molecule has 110 valence electrons. The highest BCUT2D eigenvalue weighted by Crippen LogP contribution is 2.04. The Kier molecular flexibility index (Phi) is 5.90. The fraction of sp³-hybridized carbons (Fsp3) is 0.200. The Morgan fingerprint density at radius 1 is 1.33 bits per heavy atom. The molecule has 0 atom stereocenters. The molecule has 0 saturated heterocycles. The molecule has 1 heterocycles. The van der Waals surface area contributed by atoms with Gasteiger partial charge in [-0.05, 0) is 35.6 Å². The first-order valence-electron chi connectivity index (χ1n) is 6.44. The fourth-order valence-corrected chi connectivity index (χ4v) is 2.17. The molecule has 0 aliphatic carbocycles. The Morgan fingerprint density at radius 2 is 2.14 bits per heavy atom. The van der Waals surface area contributed by atoms with Crippen molar-refractivity contribution in [2.45, 2.75) is 6.42 Å². The zero-order chi connectivity index (χ0) is 14.9. The van der Waals surface area contributed by atoms with Crippen LogP contribution < -0.4 is 5.32 Å². The van der Waals surface area contributed by atoms with Gasteiger partial charge in [-0.2, -0.15) is 0 Å². The molecule has 1 aromatic carbocycles. The van der Waals surface area contributed by atoms with E-state index in [1.54, 1.807) is 18.3 Å². The second-order valence-corrected chi connectivity index (χ2v) is 5.23. The van der Waals surface area contributed by atoms with Crippen LogP contribution in [0, 0.1) is 5.82 Å². The highest BCUT2D eigenvalue weighted by Gasteiger charge is 2.01. The van der Waals surface area contributed by atoms with Crippen LogP contribution in [0.25, 0.3) is 0 Å². The van der Waals surface area contributed by atoms with Gasteiger partial charge in [-0.25, -0.2) is 4.39 Å². The van der Waals surface area contributed by atoms with Gasteiger partial charge in [-0.15, -0.1) is 11.3 Å². The summed E-state index contributed by atoms with van der Waals surface area (Å²) in [6, 6.07) is 10.0. The number of rotatable bonds is 7. The minimum atomic E-state index is -0.264. The Bertz CT molecular complexity index is 582. The van der Waals surface area contributed by atoms with Crippen molar-refractivity contribution in [2.24, 2.45) is 5.16 Å². The summed E-state index contributed by atoms with van der Waals surface area (Å²) >= 11 is 1.54. The molecule has 1 N–H and O–H groups in total. The van der Waals surface area contributed by atoms with Crippen molar-refractivity contribution in [3.05, 3.63) is 58.0 Å². The minimum Gasteiger partial charge on any atom is -0.386 e. The summed E-state index contributed by atoms with van der Waals surface area (Å²) in [5.41, 5.74) is 0.966. The lowest BCUT2D eigenvalue weighted by Gasteiger charge is -2.04. The fourth-order valence-electron chi connectivity index (χ4n) is 1.60. The molecule has 2 aromatic rings. The van der Waals surface area contributed by atoms with E-state index in [-0.39, 0.29) is 18.3 Å². The lowest BCUT2D eigenvalue weighted by Crippen LogP contribution is -2.28. The second kappa shape index (κ2) is 8.16. The molecule has 0 aliphatic heterocycles. The number of carbonyl (C=O) groups is 1. The third-order valence-corrected chi connectivity index (χ3v) is 3.45. The van der Waals surface area contributed by atoms with Crippen LogP contribution in [0.3, 0.4) is 0 Å². The van der Waals surface area contributed by atoms with Crippen molar-refractivity contribution < 1.29 is 14.0 Å². The third kappa shape index (κ3) is 5.74.